The first kappa shape index (κ1) is 13.9. The van der Waals surface area contributed by atoms with Gasteiger partial charge in [-0.1, -0.05) is 31.5 Å². The van der Waals surface area contributed by atoms with Gasteiger partial charge in [-0.25, -0.2) is 0 Å². The topological polar surface area (TPSA) is 29.3 Å². The number of nitrogens with zero attached hydrogens (tertiary/aromatic N) is 1. The minimum atomic E-state index is 0.627. The van der Waals surface area contributed by atoms with Crippen molar-refractivity contribution < 1.29 is 0 Å². The summed E-state index contributed by atoms with van der Waals surface area (Å²) in [5.74, 6) is 1.56. The molecule has 2 aliphatic rings. The molecule has 20 heavy (non-hydrogen) atoms. The van der Waals surface area contributed by atoms with Crippen molar-refractivity contribution in [1.29, 1.82) is 0 Å². The zero-order valence-electron chi connectivity index (χ0n) is 12.9. The van der Waals surface area contributed by atoms with Gasteiger partial charge in [0.15, 0.2) is 0 Å². The highest BCUT2D eigenvalue weighted by Crippen LogP contribution is 2.41. The monoisotopic (exact) mass is 272 g/mol. The number of benzene rings is 1. The SMILES string of the molecule is CCC1CCC(CN)C(N2c3ccccc3CC2C)C1. The van der Waals surface area contributed by atoms with Crippen LogP contribution in [0.25, 0.3) is 0 Å². The second-order valence-electron chi connectivity index (χ2n) is 6.74. The van der Waals surface area contributed by atoms with Gasteiger partial charge in [-0.15, -0.1) is 0 Å². The van der Waals surface area contributed by atoms with Gasteiger partial charge in [0.05, 0.1) is 0 Å². The van der Waals surface area contributed by atoms with Crippen LogP contribution in [0, 0.1) is 11.8 Å². The van der Waals surface area contributed by atoms with E-state index in [9.17, 15) is 0 Å². The van der Waals surface area contributed by atoms with Crippen LogP contribution in [0.5, 0.6) is 0 Å². The van der Waals surface area contributed by atoms with Crippen molar-refractivity contribution in [3.8, 4) is 0 Å². The van der Waals surface area contributed by atoms with Gasteiger partial charge in [-0.05, 0) is 62.6 Å². The van der Waals surface area contributed by atoms with Crippen molar-refractivity contribution in [2.75, 3.05) is 11.4 Å². The van der Waals surface area contributed by atoms with Crippen LogP contribution in [0.4, 0.5) is 5.69 Å². The molecule has 0 bridgehead atoms. The molecular weight excluding hydrogens is 244 g/mol. The Bertz CT molecular complexity index is 456. The Morgan fingerprint density at radius 1 is 1.25 bits per heavy atom. The summed E-state index contributed by atoms with van der Waals surface area (Å²) < 4.78 is 0. The smallest absolute Gasteiger partial charge is 0.0404 e. The van der Waals surface area contributed by atoms with Crippen molar-refractivity contribution in [2.45, 2.75) is 58.0 Å². The minimum absolute atomic E-state index is 0.627. The third-order valence-electron chi connectivity index (χ3n) is 5.56. The summed E-state index contributed by atoms with van der Waals surface area (Å²) in [5, 5.41) is 0. The van der Waals surface area contributed by atoms with Gasteiger partial charge in [0.25, 0.3) is 0 Å². The molecule has 0 radical (unpaired) electrons. The van der Waals surface area contributed by atoms with E-state index in [-0.39, 0.29) is 0 Å². The Labute approximate surface area is 123 Å². The van der Waals surface area contributed by atoms with Crippen molar-refractivity contribution in [3.05, 3.63) is 29.8 Å². The lowest BCUT2D eigenvalue weighted by molar-refractivity contribution is 0.222. The summed E-state index contributed by atoms with van der Waals surface area (Å²) in [5.41, 5.74) is 9.08. The van der Waals surface area contributed by atoms with Gasteiger partial charge in [0.2, 0.25) is 0 Å². The van der Waals surface area contributed by atoms with Gasteiger partial charge in [0.1, 0.15) is 0 Å². The molecule has 3 rings (SSSR count). The summed E-state index contributed by atoms with van der Waals surface area (Å²) in [7, 11) is 0. The average molecular weight is 272 g/mol. The molecule has 4 unspecified atom stereocenters. The molecular formula is C18H28N2. The van der Waals surface area contributed by atoms with Gasteiger partial charge in [-0.2, -0.15) is 0 Å². The Morgan fingerprint density at radius 2 is 2.05 bits per heavy atom. The van der Waals surface area contributed by atoms with E-state index in [1.54, 1.807) is 0 Å². The zero-order valence-corrected chi connectivity index (χ0v) is 12.9. The fourth-order valence-electron chi connectivity index (χ4n) is 4.38. The molecule has 1 heterocycles. The van der Waals surface area contributed by atoms with Crippen LogP contribution >= 0.6 is 0 Å². The van der Waals surface area contributed by atoms with Crippen LogP contribution in [0.2, 0.25) is 0 Å². The standard InChI is InChI=1S/C18H28N2/c1-3-14-8-9-16(12-19)18(11-14)20-13(2)10-15-6-4-5-7-17(15)20/h4-7,13-14,16,18H,3,8-12,19H2,1-2H3. The normalized spacial score (nSPS) is 33.2. The molecule has 2 N–H and O–H groups in total. The molecule has 2 nitrogen and oxygen atoms in total. The Kier molecular flexibility index (Phi) is 4.02. The third-order valence-corrected chi connectivity index (χ3v) is 5.56. The molecule has 1 saturated carbocycles. The molecule has 0 amide bonds. The Balaban J connectivity index is 1.89. The van der Waals surface area contributed by atoms with E-state index in [2.05, 4.69) is 43.0 Å². The van der Waals surface area contributed by atoms with Gasteiger partial charge in [0, 0.05) is 17.8 Å². The summed E-state index contributed by atoms with van der Waals surface area (Å²) in [4.78, 5) is 2.70. The van der Waals surface area contributed by atoms with Crippen LogP contribution in [0.1, 0.15) is 45.1 Å². The predicted molar refractivity (Wildman–Crippen MR) is 86.1 cm³/mol. The molecule has 1 aromatic carbocycles. The van der Waals surface area contributed by atoms with Crippen LogP contribution < -0.4 is 10.6 Å². The van der Waals surface area contributed by atoms with Crippen molar-refractivity contribution in [2.24, 2.45) is 17.6 Å². The van der Waals surface area contributed by atoms with Crippen molar-refractivity contribution in [3.63, 3.8) is 0 Å². The molecule has 0 saturated heterocycles. The van der Waals surface area contributed by atoms with Crippen LogP contribution in [-0.2, 0) is 6.42 Å². The van der Waals surface area contributed by atoms with E-state index in [0.29, 0.717) is 18.0 Å². The van der Waals surface area contributed by atoms with Crippen LogP contribution in [0.3, 0.4) is 0 Å². The second-order valence-corrected chi connectivity index (χ2v) is 6.74. The molecule has 1 aliphatic carbocycles. The van der Waals surface area contributed by atoms with Crippen LogP contribution in [0.15, 0.2) is 24.3 Å². The highest BCUT2D eigenvalue weighted by Gasteiger charge is 2.38. The maximum absolute atomic E-state index is 6.09. The number of hydrogen-bond acceptors (Lipinski definition) is 2. The minimum Gasteiger partial charge on any atom is -0.365 e. The molecule has 0 aromatic heterocycles. The van der Waals surface area contributed by atoms with E-state index >= 15 is 0 Å². The molecule has 4 atom stereocenters. The summed E-state index contributed by atoms with van der Waals surface area (Å²) in [6.07, 6.45) is 6.53. The quantitative estimate of drug-likeness (QED) is 0.911. The number of fused-ring (bicyclic) bond motifs is 1. The maximum atomic E-state index is 6.09. The average Bonchev–Trinajstić information content (AvgIpc) is 2.82. The molecule has 1 fully saturated rings. The lowest BCUT2D eigenvalue weighted by atomic mass is 9.76. The largest absolute Gasteiger partial charge is 0.365 e. The van der Waals surface area contributed by atoms with E-state index in [0.717, 1.165) is 12.5 Å². The van der Waals surface area contributed by atoms with Crippen LogP contribution in [-0.4, -0.2) is 18.6 Å². The second kappa shape index (κ2) is 5.77. The highest BCUT2D eigenvalue weighted by molar-refractivity contribution is 5.60. The summed E-state index contributed by atoms with van der Waals surface area (Å²) in [6.45, 7) is 5.56. The highest BCUT2D eigenvalue weighted by atomic mass is 15.2. The Hall–Kier alpha value is -1.02. The van der Waals surface area contributed by atoms with E-state index in [1.807, 2.05) is 0 Å². The molecule has 1 aromatic rings. The lowest BCUT2D eigenvalue weighted by Crippen LogP contribution is -2.49. The fraction of sp³-hybridized carbons (Fsp3) is 0.667. The van der Waals surface area contributed by atoms with Gasteiger partial charge < -0.3 is 10.6 Å². The fourth-order valence-corrected chi connectivity index (χ4v) is 4.38. The van der Waals surface area contributed by atoms with E-state index < -0.39 is 0 Å². The molecule has 110 valence electrons. The molecule has 2 heteroatoms. The first-order chi connectivity index (χ1) is 9.74. The molecule has 0 spiro atoms. The lowest BCUT2D eigenvalue weighted by Gasteiger charge is -2.44. The Morgan fingerprint density at radius 3 is 2.80 bits per heavy atom. The third kappa shape index (κ3) is 2.35. The predicted octanol–water partition coefficient (Wildman–Crippen LogP) is 3.59. The van der Waals surface area contributed by atoms with E-state index in [4.69, 9.17) is 5.73 Å². The van der Waals surface area contributed by atoms with Crippen molar-refractivity contribution in [1.82, 2.24) is 0 Å². The zero-order chi connectivity index (χ0) is 14.1. The van der Waals surface area contributed by atoms with Gasteiger partial charge in [-0.3, -0.25) is 0 Å². The number of rotatable bonds is 3. The number of nitrogens with two attached hydrogens (primary N) is 1. The summed E-state index contributed by atoms with van der Waals surface area (Å²) >= 11 is 0. The van der Waals surface area contributed by atoms with E-state index in [1.165, 1.54) is 43.4 Å². The molecule has 1 aliphatic heterocycles. The number of hydrogen-bond donors (Lipinski definition) is 1. The number of para-hydroxylation sites is 1. The summed E-state index contributed by atoms with van der Waals surface area (Å²) in [6, 6.07) is 10.2. The van der Waals surface area contributed by atoms with Crippen molar-refractivity contribution >= 4 is 5.69 Å². The first-order valence-electron chi connectivity index (χ1n) is 8.30. The van der Waals surface area contributed by atoms with Gasteiger partial charge >= 0.3 is 0 Å². The first-order valence-corrected chi connectivity index (χ1v) is 8.30. The maximum Gasteiger partial charge on any atom is 0.0404 e. The number of anilines is 1.